The van der Waals surface area contributed by atoms with Crippen molar-refractivity contribution in [3.8, 4) is 17.1 Å². The van der Waals surface area contributed by atoms with Crippen molar-refractivity contribution in [2.45, 2.75) is 25.9 Å². The third-order valence-electron chi connectivity index (χ3n) is 5.14. The Balaban J connectivity index is 1.43. The second kappa shape index (κ2) is 7.33. The average molecular weight is 404 g/mol. The zero-order valence-corrected chi connectivity index (χ0v) is 17.0. The van der Waals surface area contributed by atoms with Crippen LogP contribution >= 0.6 is 11.3 Å². The maximum absolute atomic E-state index is 6.00. The third kappa shape index (κ3) is 3.38. The first-order valence-electron chi connectivity index (χ1n) is 9.65. The molecule has 4 aromatic rings. The van der Waals surface area contributed by atoms with Crippen LogP contribution < -0.4 is 9.64 Å². The van der Waals surface area contributed by atoms with Gasteiger partial charge in [-0.05, 0) is 38.0 Å². The molecule has 0 aliphatic carbocycles. The van der Waals surface area contributed by atoms with Crippen LogP contribution in [0.25, 0.3) is 16.9 Å². The predicted molar refractivity (Wildman–Crippen MR) is 115 cm³/mol. The molecule has 0 N–H and O–H groups in total. The van der Waals surface area contributed by atoms with Crippen molar-refractivity contribution < 1.29 is 4.74 Å². The van der Waals surface area contributed by atoms with E-state index >= 15 is 0 Å². The van der Waals surface area contributed by atoms with E-state index in [1.54, 1.807) is 17.5 Å². The molecule has 0 saturated carbocycles. The van der Waals surface area contributed by atoms with Crippen molar-refractivity contribution in [2.24, 2.45) is 0 Å². The van der Waals surface area contributed by atoms with E-state index in [9.17, 15) is 0 Å². The molecule has 7 heteroatoms. The fourth-order valence-electron chi connectivity index (χ4n) is 3.64. The van der Waals surface area contributed by atoms with E-state index < -0.39 is 0 Å². The number of ether oxygens (including phenoxy) is 1. The van der Waals surface area contributed by atoms with Gasteiger partial charge in [-0.1, -0.05) is 18.7 Å². The van der Waals surface area contributed by atoms with Crippen LogP contribution in [0.3, 0.4) is 0 Å². The molecular weight excluding hydrogens is 382 g/mol. The van der Waals surface area contributed by atoms with Gasteiger partial charge in [0.05, 0.1) is 11.9 Å². The van der Waals surface area contributed by atoms with E-state index in [1.807, 2.05) is 35.1 Å². The number of allylic oxidation sites excluding steroid dienone is 1. The number of hydrogen-bond acceptors (Lipinski definition) is 6. The molecule has 0 radical (unpaired) electrons. The Labute approximate surface area is 173 Å². The van der Waals surface area contributed by atoms with Crippen molar-refractivity contribution in [3.05, 3.63) is 71.5 Å². The molecule has 5 rings (SSSR count). The van der Waals surface area contributed by atoms with Crippen LogP contribution in [0.4, 0.5) is 5.69 Å². The highest BCUT2D eigenvalue weighted by Crippen LogP contribution is 2.30. The van der Waals surface area contributed by atoms with Gasteiger partial charge < -0.3 is 9.64 Å². The Hall–Kier alpha value is -3.19. The number of thiazole rings is 1. The van der Waals surface area contributed by atoms with Crippen LogP contribution in [-0.4, -0.2) is 26.1 Å². The summed E-state index contributed by atoms with van der Waals surface area (Å²) in [5, 5.41) is 7.53. The number of aromatic nitrogens is 4. The molecule has 4 heterocycles. The van der Waals surface area contributed by atoms with Gasteiger partial charge in [-0.3, -0.25) is 0 Å². The van der Waals surface area contributed by atoms with Crippen LogP contribution in [0.2, 0.25) is 0 Å². The second-order valence-corrected chi connectivity index (χ2v) is 8.01. The Bertz CT molecular complexity index is 1150. The lowest BCUT2D eigenvalue weighted by Crippen LogP contribution is -2.15. The van der Waals surface area contributed by atoms with Crippen LogP contribution in [-0.2, 0) is 0 Å². The van der Waals surface area contributed by atoms with Gasteiger partial charge in [-0.2, -0.15) is 0 Å². The van der Waals surface area contributed by atoms with Crippen molar-refractivity contribution in [1.29, 1.82) is 0 Å². The number of hydrogen-bond donors (Lipinski definition) is 0. The van der Waals surface area contributed by atoms with Gasteiger partial charge in [0.2, 0.25) is 5.88 Å². The SMILES string of the molecule is C=C1CCCN1c1ccc(-c2cnc3ccc(OC(C)c4nccs4)nn23)cc1. The highest BCUT2D eigenvalue weighted by Gasteiger charge is 2.17. The van der Waals surface area contributed by atoms with Crippen LogP contribution in [0.5, 0.6) is 5.88 Å². The number of rotatable bonds is 5. The molecule has 1 aliphatic rings. The number of nitrogens with zero attached hydrogens (tertiary/aromatic N) is 5. The number of anilines is 1. The van der Waals surface area contributed by atoms with Crippen molar-refractivity contribution in [3.63, 3.8) is 0 Å². The van der Waals surface area contributed by atoms with Gasteiger partial charge >= 0.3 is 0 Å². The molecule has 3 aromatic heterocycles. The van der Waals surface area contributed by atoms with Gasteiger partial charge in [0.15, 0.2) is 5.65 Å². The Morgan fingerprint density at radius 3 is 2.72 bits per heavy atom. The maximum Gasteiger partial charge on any atom is 0.232 e. The number of benzene rings is 1. The topological polar surface area (TPSA) is 55.5 Å². The first-order valence-corrected chi connectivity index (χ1v) is 10.5. The fraction of sp³-hybridized carbons (Fsp3) is 0.227. The molecule has 6 nitrogen and oxygen atoms in total. The molecule has 0 bridgehead atoms. The number of fused-ring (bicyclic) bond motifs is 1. The van der Waals surface area contributed by atoms with E-state index in [0.29, 0.717) is 5.88 Å². The molecule has 0 spiro atoms. The molecular formula is C22H21N5OS. The first-order chi connectivity index (χ1) is 14.2. The molecule has 0 amide bonds. The molecule has 29 heavy (non-hydrogen) atoms. The zero-order chi connectivity index (χ0) is 19.8. The number of imidazole rings is 1. The predicted octanol–water partition coefficient (Wildman–Crippen LogP) is 5.11. The molecule has 1 atom stereocenters. The van der Waals surface area contributed by atoms with Gasteiger partial charge in [0, 0.05) is 41.1 Å². The largest absolute Gasteiger partial charge is 0.466 e. The van der Waals surface area contributed by atoms with Crippen molar-refractivity contribution >= 4 is 22.7 Å². The monoisotopic (exact) mass is 403 g/mol. The van der Waals surface area contributed by atoms with Crippen LogP contribution in [0.1, 0.15) is 30.9 Å². The lowest BCUT2D eigenvalue weighted by Gasteiger charge is -2.19. The van der Waals surface area contributed by atoms with E-state index in [4.69, 9.17) is 4.74 Å². The average Bonchev–Trinajstić information content (AvgIpc) is 3.49. The summed E-state index contributed by atoms with van der Waals surface area (Å²) in [6.07, 6.45) is 5.71. The Morgan fingerprint density at radius 2 is 2.00 bits per heavy atom. The summed E-state index contributed by atoms with van der Waals surface area (Å²) in [6.45, 7) is 7.17. The Kier molecular flexibility index (Phi) is 4.52. The standard InChI is InChI=1S/C22H21N5OS/c1-15-4-3-12-26(15)18-7-5-17(6-8-18)19-14-24-20-9-10-21(25-27(19)20)28-16(2)22-23-11-13-29-22/h5-11,13-14,16H,1,3-4,12H2,2H3. The van der Waals surface area contributed by atoms with E-state index in [2.05, 4.69) is 50.8 Å². The summed E-state index contributed by atoms with van der Waals surface area (Å²) in [6, 6.07) is 12.3. The fourth-order valence-corrected chi connectivity index (χ4v) is 4.26. The van der Waals surface area contributed by atoms with Crippen molar-refractivity contribution in [1.82, 2.24) is 19.6 Å². The van der Waals surface area contributed by atoms with Crippen LogP contribution in [0.15, 0.2) is 66.4 Å². The molecule has 1 fully saturated rings. The van der Waals surface area contributed by atoms with Gasteiger partial charge in [0.25, 0.3) is 0 Å². The highest BCUT2D eigenvalue weighted by molar-refractivity contribution is 7.09. The second-order valence-electron chi connectivity index (χ2n) is 7.08. The van der Waals surface area contributed by atoms with Gasteiger partial charge in [-0.15, -0.1) is 16.4 Å². The normalized spacial score (nSPS) is 15.2. The first kappa shape index (κ1) is 17.9. The van der Waals surface area contributed by atoms with E-state index in [0.717, 1.165) is 34.9 Å². The zero-order valence-electron chi connectivity index (χ0n) is 16.2. The molecule has 1 aromatic carbocycles. The minimum Gasteiger partial charge on any atom is -0.466 e. The lowest BCUT2D eigenvalue weighted by molar-refractivity contribution is 0.214. The third-order valence-corrected chi connectivity index (χ3v) is 6.07. The van der Waals surface area contributed by atoms with Gasteiger partial charge in [0.1, 0.15) is 11.1 Å². The summed E-state index contributed by atoms with van der Waals surface area (Å²) in [7, 11) is 0. The molecule has 1 unspecified atom stereocenters. The van der Waals surface area contributed by atoms with E-state index in [1.165, 1.54) is 17.8 Å². The summed E-state index contributed by atoms with van der Waals surface area (Å²) >= 11 is 1.57. The minimum atomic E-state index is -0.153. The smallest absolute Gasteiger partial charge is 0.232 e. The lowest BCUT2D eigenvalue weighted by atomic mass is 10.1. The summed E-state index contributed by atoms with van der Waals surface area (Å²) in [4.78, 5) is 11.1. The van der Waals surface area contributed by atoms with Crippen LogP contribution in [0, 0.1) is 0 Å². The van der Waals surface area contributed by atoms with E-state index in [-0.39, 0.29) is 6.10 Å². The highest BCUT2D eigenvalue weighted by atomic mass is 32.1. The molecule has 1 aliphatic heterocycles. The molecule has 1 saturated heterocycles. The minimum absolute atomic E-state index is 0.153. The van der Waals surface area contributed by atoms with Crippen molar-refractivity contribution in [2.75, 3.05) is 11.4 Å². The summed E-state index contributed by atoms with van der Waals surface area (Å²) < 4.78 is 7.82. The molecule has 146 valence electrons. The van der Waals surface area contributed by atoms with Gasteiger partial charge in [-0.25, -0.2) is 14.5 Å². The maximum atomic E-state index is 6.00. The summed E-state index contributed by atoms with van der Waals surface area (Å²) in [5.74, 6) is 0.546. The quantitative estimate of drug-likeness (QED) is 0.464. The summed E-state index contributed by atoms with van der Waals surface area (Å²) in [5.41, 5.74) is 5.14. The Morgan fingerprint density at radius 1 is 1.14 bits per heavy atom.